The Balaban J connectivity index is 1.73. The summed E-state index contributed by atoms with van der Waals surface area (Å²) in [5.41, 5.74) is 3.37. The SMILES string of the molecule is Cc1nc(Nc2ccc(Cl)cc2C)cc(C(=O)N(C)CCc2ccncc2)n1. The maximum atomic E-state index is 12.8. The van der Waals surface area contributed by atoms with E-state index in [9.17, 15) is 4.79 Å². The number of nitrogens with one attached hydrogen (secondary N) is 1. The Kier molecular flexibility index (Phi) is 6.21. The highest BCUT2D eigenvalue weighted by Gasteiger charge is 2.15. The van der Waals surface area contributed by atoms with Gasteiger partial charge in [0.2, 0.25) is 0 Å². The molecule has 0 spiro atoms. The molecule has 0 radical (unpaired) electrons. The quantitative estimate of drug-likeness (QED) is 0.677. The Hall–Kier alpha value is -2.99. The van der Waals surface area contributed by atoms with Gasteiger partial charge in [0.15, 0.2) is 0 Å². The zero-order chi connectivity index (χ0) is 20.1. The minimum Gasteiger partial charge on any atom is -0.340 e. The first-order valence-electron chi connectivity index (χ1n) is 8.95. The van der Waals surface area contributed by atoms with Crippen molar-refractivity contribution in [3.63, 3.8) is 0 Å². The van der Waals surface area contributed by atoms with Gasteiger partial charge in [-0.15, -0.1) is 0 Å². The number of amides is 1. The molecule has 2 aromatic heterocycles. The van der Waals surface area contributed by atoms with Gasteiger partial charge < -0.3 is 10.2 Å². The summed E-state index contributed by atoms with van der Waals surface area (Å²) < 4.78 is 0. The molecule has 0 atom stereocenters. The number of anilines is 2. The average molecular weight is 396 g/mol. The molecule has 28 heavy (non-hydrogen) atoms. The second-order valence-corrected chi connectivity index (χ2v) is 7.04. The van der Waals surface area contributed by atoms with E-state index in [0.29, 0.717) is 28.9 Å². The lowest BCUT2D eigenvalue weighted by molar-refractivity contribution is 0.0790. The van der Waals surface area contributed by atoms with Crippen molar-refractivity contribution in [2.45, 2.75) is 20.3 Å². The van der Waals surface area contributed by atoms with E-state index in [2.05, 4.69) is 20.3 Å². The van der Waals surface area contributed by atoms with Gasteiger partial charge in [-0.05, 0) is 61.7 Å². The van der Waals surface area contributed by atoms with E-state index in [1.165, 1.54) is 0 Å². The third-order valence-electron chi connectivity index (χ3n) is 4.34. The molecule has 6 nitrogen and oxygen atoms in total. The van der Waals surface area contributed by atoms with Crippen LogP contribution in [0.25, 0.3) is 0 Å². The highest BCUT2D eigenvalue weighted by atomic mass is 35.5. The van der Waals surface area contributed by atoms with Crippen molar-refractivity contribution in [1.29, 1.82) is 0 Å². The van der Waals surface area contributed by atoms with E-state index in [-0.39, 0.29) is 5.91 Å². The molecule has 0 unspecified atom stereocenters. The number of hydrogen-bond acceptors (Lipinski definition) is 5. The van der Waals surface area contributed by atoms with Gasteiger partial charge in [0.25, 0.3) is 5.91 Å². The smallest absolute Gasteiger partial charge is 0.272 e. The van der Waals surface area contributed by atoms with Gasteiger partial charge in [0, 0.05) is 42.8 Å². The van der Waals surface area contributed by atoms with Crippen LogP contribution in [-0.2, 0) is 6.42 Å². The fourth-order valence-electron chi connectivity index (χ4n) is 2.79. The molecule has 0 aliphatic carbocycles. The summed E-state index contributed by atoms with van der Waals surface area (Å²) in [5.74, 6) is 0.960. The van der Waals surface area contributed by atoms with Gasteiger partial charge in [-0.1, -0.05) is 11.6 Å². The fourth-order valence-corrected chi connectivity index (χ4v) is 3.02. The Morgan fingerprint density at radius 1 is 1.11 bits per heavy atom. The summed E-state index contributed by atoms with van der Waals surface area (Å²) >= 11 is 6.01. The number of pyridine rings is 1. The first kappa shape index (κ1) is 19.8. The van der Waals surface area contributed by atoms with E-state index in [1.807, 2.05) is 37.3 Å². The highest BCUT2D eigenvalue weighted by Crippen LogP contribution is 2.23. The lowest BCUT2D eigenvalue weighted by Gasteiger charge is -2.17. The molecule has 0 saturated carbocycles. The Morgan fingerprint density at radius 3 is 2.57 bits per heavy atom. The largest absolute Gasteiger partial charge is 0.340 e. The molecule has 2 heterocycles. The number of aromatic nitrogens is 3. The molecule has 1 N–H and O–H groups in total. The normalized spacial score (nSPS) is 10.6. The molecule has 0 aliphatic heterocycles. The Bertz CT molecular complexity index is 978. The maximum Gasteiger partial charge on any atom is 0.272 e. The van der Waals surface area contributed by atoms with Crippen molar-refractivity contribution < 1.29 is 4.79 Å². The third-order valence-corrected chi connectivity index (χ3v) is 4.58. The number of carbonyl (C=O) groups excluding carboxylic acids is 1. The molecule has 0 bridgehead atoms. The fraction of sp³-hybridized carbons (Fsp3) is 0.238. The van der Waals surface area contributed by atoms with Gasteiger partial charge >= 0.3 is 0 Å². The highest BCUT2D eigenvalue weighted by molar-refractivity contribution is 6.30. The summed E-state index contributed by atoms with van der Waals surface area (Å²) in [6.45, 7) is 4.32. The van der Waals surface area contributed by atoms with Gasteiger partial charge in [0.05, 0.1) is 0 Å². The van der Waals surface area contributed by atoms with E-state index < -0.39 is 0 Å². The molecular weight excluding hydrogens is 374 g/mol. The van der Waals surface area contributed by atoms with Gasteiger partial charge in [-0.3, -0.25) is 9.78 Å². The topological polar surface area (TPSA) is 71.0 Å². The molecule has 3 rings (SSSR count). The number of nitrogens with zero attached hydrogens (tertiary/aromatic N) is 4. The van der Waals surface area contributed by atoms with Crippen LogP contribution in [-0.4, -0.2) is 39.4 Å². The van der Waals surface area contributed by atoms with Crippen molar-refractivity contribution in [1.82, 2.24) is 19.9 Å². The van der Waals surface area contributed by atoms with Crippen molar-refractivity contribution in [2.24, 2.45) is 0 Å². The summed E-state index contributed by atoms with van der Waals surface area (Å²) in [6, 6.07) is 11.1. The minimum atomic E-state index is -0.143. The van der Waals surface area contributed by atoms with Gasteiger partial charge in [-0.25, -0.2) is 9.97 Å². The standard InChI is InChI=1S/C21H22ClN5O/c1-14-12-17(22)4-5-18(14)26-20-13-19(24-15(2)25-20)21(28)27(3)11-8-16-6-9-23-10-7-16/h4-7,9-10,12-13H,8,11H2,1-3H3,(H,24,25,26). The van der Waals surface area contributed by atoms with Crippen LogP contribution in [0.1, 0.15) is 27.4 Å². The molecule has 7 heteroatoms. The monoisotopic (exact) mass is 395 g/mol. The molecule has 1 amide bonds. The van der Waals surface area contributed by atoms with E-state index >= 15 is 0 Å². The molecule has 0 fully saturated rings. The second kappa shape index (κ2) is 8.80. The number of rotatable bonds is 6. The zero-order valence-electron chi connectivity index (χ0n) is 16.1. The van der Waals surface area contributed by atoms with Crippen LogP contribution in [0.3, 0.4) is 0 Å². The van der Waals surface area contributed by atoms with Gasteiger partial charge in [-0.2, -0.15) is 0 Å². The van der Waals surface area contributed by atoms with E-state index in [1.54, 1.807) is 37.3 Å². The number of likely N-dealkylation sites (N-methyl/N-ethyl adjacent to an activating group) is 1. The molecule has 0 aliphatic rings. The number of aryl methyl sites for hydroxylation is 2. The van der Waals surface area contributed by atoms with Crippen molar-refractivity contribution in [3.8, 4) is 0 Å². The number of hydrogen-bond donors (Lipinski definition) is 1. The van der Waals surface area contributed by atoms with Crippen LogP contribution in [0.15, 0.2) is 48.8 Å². The molecule has 0 saturated heterocycles. The Morgan fingerprint density at radius 2 is 1.86 bits per heavy atom. The van der Waals surface area contributed by atoms with Crippen LogP contribution in [0, 0.1) is 13.8 Å². The van der Waals surface area contributed by atoms with Crippen molar-refractivity contribution in [2.75, 3.05) is 18.9 Å². The van der Waals surface area contributed by atoms with E-state index in [0.717, 1.165) is 23.2 Å². The van der Waals surface area contributed by atoms with Crippen LogP contribution in [0.4, 0.5) is 11.5 Å². The second-order valence-electron chi connectivity index (χ2n) is 6.60. The average Bonchev–Trinajstić information content (AvgIpc) is 2.68. The maximum absolute atomic E-state index is 12.8. The van der Waals surface area contributed by atoms with E-state index in [4.69, 9.17) is 11.6 Å². The van der Waals surface area contributed by atoms with Crippen LogP contribution in [0.5, 0.6) is 0 Å². The molecule has 144 valence electrons. The number of benzene rings is 1. The van der Waals surface area contributed by atoms with Crippen LogP contribution in [0.2, 0.25) is 5.02 Å². The van der Waals surface area contributed by atoms with Crippen LogP contribution >= 0.6 is 11.6 Å². The van der Waals surface area contributed by atoms with Crippen molar-refractivity contribution >= 4 is 29.0 Å². The Labute approximate surface area is 169 Å². The third kappa shape index (κ3) is 5.04. The molecular formula is C21H22ClN5O. The predicted molar refractivity (Wildman–Crippen MR) is 111 cm³/mol. The number of halogens is 1. The predicted octanol–water partition coefficient (Wildman–Crippen LogP) is 4.20. The zero-order valence-corrected chi connectivity index (χ0v) is 16.9. The summed E-state index contributed by atoms with van der Waals surface area (Å²) in [6.07, 6.45) is 4.26. The molecule has 3 aromatic rings. The molecule has 1 aromatic carbocycles. The summed E-state index contributed by atoms with van der Waals surface area (Å²) in [4.78, 5) is 27.2. The first-order chi connectivity index (χ1) is 13.4. The minimum absolute atomic E-state index is 0.143. The van der Waals surface area contributed by atoms with Crippen molar-refractivity contribution in [3.05, 3.63) is 76.5 Å². The lowest BCUT2D eigenvalue weighted by Crippen LogP contribution is -2.30. The summed E-state index contributed by atoms with van der Waals surface area (Å²) in [5, 5.41) is 3.92. The lowest BCUT2D eigenvalue weighted by atomic mass is 10.2. The van der Waals surface area contributed by atoms with Gasteiger partial charge in [0.1, 0.15) is 17.3 Å². The van der Waals surface area contributed by atoms with Crippen LogP contribution < -0.4 is 5.32 Å². The first-order valence-corrected chi connectivity index (χ1v) is 9.33. The summed E-state index contributed by atoms with van der Waals surface area (Å²) in [7, 11) is 1.78. The number of carbonyl (C=O) groups is 1.